The Kier molecular flexibility index (Phi) is 7.97. The number of rotatable bonds is 2. The molecule has 0 bridgehead atoms. The van der Waals surface area contributed by atoms with Crippen LogP contribution in [-0.4, -0.2) is 24.4 Å². The zero-order valence-electron chi connectivity index (χ0n) is 5.95. The van der Waals surface area contributed by atoms with Crippen molar-refractivity contribution in [3.63, 3.8) is 0 Å². The average Bonchev–Trinajstić information content (AvgIpc) is 1.91. The van der Waals surface area contributed by atoms with Crippen molar-refractivity contribution in [2.24, 2.45) is 0 Å². The van der Waals surface area contributed by atoms with Crippen LogP contribution in [0.15, 0.2) is 30.3 Å². The number of hydrogen-bond donors (Lipinski definition) is 0. The first-order chi connectivity index (χ1) is 4.43. The van der Waals surface area contributed by atoms with E-state index in [0.29, 0.717) is 0 Å². The van der Waals surface area contributed by atoms with E-state index in [1.54, 1.807) is 0 Å². The van der Waals surface area contributed by atoms with Crippen molar-refractivity contribution in [3.05, 3.63) is 30.3 Å². The van der Waals surface area contributed by atoms with Gasteiger partial charge in [0, 0.05) is 0 Å². The van der Waals surface area contributed by atoms with Crippen LogP contribution in [0, 0.1) is 0 Å². The minimum absolute atomic E-state index is 0. The van der Waals surface area contributed by atoms with Crippen molar-refractivity contribution >= 4 is 18.9 Å². The maximum atomic E-state index is 9.92. The second-order valence-corrected chi connectivity index (χ2v) is 1.71. The average molecular weight is 153 g/mol. The van der Waals surface area contributed by atoms with Crippen molar-refractivity contribution in [3.8, 4) is 0 Å². The summed E-state index contributed by atoms with van der Waals surface area (Å²) in [5.41, 5.74) is 0.951. The minimum Gasteiger partial charge on any atom is -0.412 e. The van der Waals surface area contributed by atoms with Gasteiger partial charge in [0.2, 0.25) is 7.28 Å². The second-order valence-electron chi connectivity index (χ2n) is 1.71. The first kappa shape index (κ1) is 12.5. The first-order valence-electron chi connectivity index (χ1n) is 2.77. The Morgan fingerprint density at radius 3 is 2.09 bits per heavy atom. The highest BCUT2D eigenvalue weighted by molar-refractivity contribution is 6.78. The summed E-state index contributed by atoms with van der Waals surface area (Å²) in [4.78, 5) is 9.92. The van der Waals surface area contributed by atoms with Crippen molar-refractivity contribution in [1.29, 1.82) is 0 Å². The Balaban J connectivity index is 0. The zero-order chi connectivity index (χ0) is 6.53. The highest BCUT2D eigenvalue weighted by atomic mass is 16.1. The van der Waals surface area contributed by atoms with Crippen LogP contribution < -0.4 is 5.46 Å². The molecule has 0 atom stereocenters. The number of benzene rings is 1. The van der Waals surface area contributed by atoms with Crippen molar-refractivity contribution in [2.45, 2.75) is 0 Å². The van der Waals surface area contributed by atoms with E-state index in [4.69, 9.17) is 0 Å². The smallest absolute Gasteiger partial charge is 0.236 e. The maximum absolute atomic E-state index is 9.92. The largest absolute Gasteiger partial charge is 0.412 e. The molecule has 0 aliphatic rings. The Morgan fingerprint density at radius 2 is 1.64 bits per heavy atom. The quantitative estimate of drug-likeness (QED) is 0.378. The predicted octanol–water partition coefficient (Wildman–Crippen LogP) is -1.44. The Hall–Kier alpha value is -1.13. The minimum atomic E-state index is 0. The van der Waals surface area contributed by atoms with Gasteiger partial charge in [-0.15, -0.1) is 0 Å². The predicted molar refractivity (Wildman–Crippen MR) is 45.8 cm³/mol. The van der Waals surface area contributed by atoms with Gasteiger partial charge in [0.05, 0.1) is 6.19 Å². The summed E-state index contributed by atoms with van der Waals surface area (Å²) in [6.45, 7) is 0. The summed E-state index contributed by atoms with van der Waals surface area (Å²) in [6, 6.07) is 9.48. The number of carbonyl (C=O) groups is 1. The second kappa shape index (κ2) is 6.99. The van der Waals surface area contributed by atoms with E-state index in [9.17, 15) is 4.79 Å². The van der Waals surface area contributed by atoms with Crippen molar-refractivity contribution in [2.75, 3.05) is 0 Å². The Labute approximate surface area is 65.9 Å². The molecular weight excluding hydrogens is 143 g/mol. The lowest BCUT2D eigenvalue weighted by atomic mass is 9.73. The summed E-state index contributed by atoms with van der Waals surface area (Å²) in [6.07, 6.45) is 0.787. The summed E-state index contributed by atoms with van der Waals surface area (Å²) in [5, 5.41) is 0. The summed E-state index contributed by atoms with van der Waals surface area (Å²) in [7, 11) is 1.53. The molecule has 1 aromatic carbocycles. The van der Waals surface area contributed by atoms with Gasteiger partial charge in [-0.25, -0.2) is 0 Å². The van der Waals surface area contributed by atoms with E-state index < -0.39 is 0 Å². The lowest BCUT2D eigenvalue weighted by Gasteiger charge is -1.87. The fourth-order valence-electron chi connectivity index (χ4n) is 0.643. The molecule has 11 heavy (non-hydrogen) atoms. The van der Waals surface area contributed by atoms with Crippen LogP contribution in [0.3, 0.4) is 0 Å². The van der Waals surface area contributed by atoms with Gasteiger partial charge in [0.25, 0.3) is 0 Å². The van der Waals surface area contributed by atoms with E-state index in [2.05, 4.69) is 0 Å². The Bertz CT molecular complexity index is 188. The van der Waals surface area contributed by atoms with Gasteiger partial charge in [-0.1, -0.05) is 35.8 Å². The highest BCUT2D eigenvalue weighted by Gasteiger charge is 1.88. The maximum Gasteiger partial charge on any atom is 0.236 e. The van der Waals surface area contributed by atoms with Gasteiger partial charge in [0.15, 0.2) is 0 Å². The molecule has 4 N–H and O–H groups in total. The lowest BCUT2D eigenvalue weighted by Crippen LogP contribution is -2.13. The van der Waals surface area contributed by atoms with Crippen LogP contribution in [0.4, 0.5) is 0 Å². The highest BCUT2D eigenvalue weighted by Crippen LogP contribution is 1.78. The molecule has 0 heterocycles. The number of carbonyl (C=O) groups excluding carboxylic acids is 1. The van der Waals surface area contributed by atoms with E-state index >= 15 is 0 Å². The van der Waals surface area contributed by atoms with Crippen LogP contribution in [0.2, 0.25) is 0 Å². The molecule has 4 heteroatoms. The molecule has 0 fully saturated rings. The van der Waals surface area contributed by atoms with Crippen LogP contribution in [0.1, 0.15) is 0 Å². The third-order valence-electron chi connectivity index (χ3n) is 1.06. The molecule has 0 aliphatic carbocycles. The van der Waals surface area contributed by atoms with E-state index in [-0.39, 0.29) is 11.0 Å². The first-order valence-corrected chi connectivity index (χ1v) is 2.77. The lowest BCUT2D eigenvalue weighted by molar-refractivity contribution is 0.568. The third-order valence-corrected chi connectivity index (χ3v) is 1.06. The van der Waals surface area contributed by atoms with E-state index in [0.717, 1.165) is 11.6 Å². The zero-order valence-corrected chi connectivity index (χ0v) is 5.95. The molecule has 0 aliphatic heterocycles. The molecule has 1 aromatic rings. The van der Waals surface area contributed by atoms with Crippen LogP contribution in [0.25, 0.3) is 0 Å². The normalized spacial score (nSPS) is 6.91. The van der Waals surface area contributed by atoms with E-state index in [1.807, 2.05) is 30.3 Å². The summed E-state index contributed by atoms with van der Waals surface area (Å²) >= 11 is 0. The standard InChI is InChI=1S/C7H6BO.2H2O/c9-6-8-7-4-2-1-3-5-7;;/h1-6H;2*1H2. The summed E-state index contributed by atoms with van der Waals surface area (Å²) in [5.74, 6) is 0. The molecule has 1 rings (SSSR count). The van der Waals surface area contributed by atoms with Gasteiger partial charge in [-0.05, 0) is 0 Å². The van der Waals surface area contributed by atoms with Crippen LogP contribution in [0.5, 0.6) is 0 Å². The third kappa shape index (κ3) is 4.30. The molecule has 3 nitrogen and oxygen atoms in total. The van der Waals surface area contributed by atoms with Gasteiger partial charge >= 0.3 is 0 Å². The summed E-state index contributed by atoms with van der Waals surface area (Å²) < 4.78 is 0. The molecule has 0 saturated heterocycles. The number of hydrogen-bond acceptors (Lipinski definition) is 1. The monoisotopic (exact) mass is 153 g/mol. The molecule has 0 spiro atoms. The molecule has 0 amide bonds. The fourth-order valence-corrected chi connectivity index (χ4v) is 0.643. The molecule has 0 aromatic heterocycles. The van der Waals surface area contributed by atoms with Gasteiger partial charge < -0.3 is 15.7 Å². The molecule has 0 unspecified atom stereocenters. The van der Waals surface area contributed by atoms with Crippen LogP contribution in [-0.2, 0) is 4.79 Å². The molecule has 1 radical (unpaired) electrons. The molecule has 59 valence electrons. The van der Waals surface area contributed by atoms with Gasteiger partial charge in [-0.3, -0.25) is 0 Å². The van der Waals surface area contributed by atoms with Crippen molar-refractivity contribution in [1.82, 2.24) is 0 Å². The topological polar surface area (TPSA) is 80.1 Å². The molecule has 0 saturated carbocycles. The fraction of sp³-hybridized carbons (Fsp3) is 0. The van der Waals surface area contributed by atoms with Crippen LogP contribution >= 0.6 is 0 Å². The van der Waals surface area contributed by atoms with Gasteiger partial charge in [0.1, 0.15) is 0 Å². The van der Waals surface area contributed by atoms with E-state index in [1.165, 1.54) is 7.28 Å². The Morgan fingerprint density at radius 1 is 1.09 bits per heavy atom. The SMILES string of the molecule is O.O.O=C[B]c1ccccc1. The van der Waals surface area contributed by atoms with Crippen molar-refractivity contribution < 1.29 is 15.7 Å². The molecular formula is C7H10BO3. The van der Waals surface area contributed by atoms with Gasteiger partial charge in [-0.2, -0.15) is 0 Å².